The van der Waals surface area contributed by atoms with Gasteiger partial charge in [-0.05, 0) is 31.4 Å². The summed E-state index contributed by atoms with van der Waals surface area (Å²) in [4.78, 5) is 30.6. The summed E-state index contributed by atoms with van der Waals surface area (Å²) in [6, 6.07) is 2.38. The van der Waals surface area contributed by atoms with Crippen LogP contribution in [0.4, 0.5) is 17.6 Å². The molecule has 0 aliphatic carbocycles. The molecule has 0 radical (unpaired) electrons. The van der Waals surface area contributed by atoms with Gasteiger partial charge in [0.25, 0.3) is 0 Å². The maximum atomic E-state index is 13.5. The van der Waals surface area contributed by atoms with Crippen LogP contribution >= 0.6 is 0 Å². The van der Waals surface area contributed by atoms with Crippen molar-refractivity contribution in [2.45, 2.75) is 50.3 Å². The number of aliphatic hydroxyl groups excluding tert-OH is 1. The first-order chi connectivity index (χ1) is 14.1. The highest BCUT2D eigenvalue weighted by Gasteiger charge is 2.39. The third-order valence-electron chi connectivity index (χ3n) is 5.36. The second kappa shape index (κ2) is 7.49. The van der Waals surface area contributed by atoms with E-state index in [-0.39, 0.29) is 50.4 Å². The van der Waals surface area contributed by atoms with Gasteiger partial charge in [-0.3, -0.25) is 9.36 Å². The molecule has 12 heteroatoms. The van der Waals surface area contributed by atoms with Crippen molar-refractivity contribution >= 4 is 5.91 Å². The summed E-state index contributed by atoms with van der Waals surface area (Å²) in [5.74, 6) is -0.463. The molecule has 8 nitrogen and oxygen atoms in total. The third kappa shape index (κ3) is 3.71. The minimum Gasteiger partial charge on any atom is -0.385 e. The van der Waals surface area contributed by atoms with Gasteiger partial charge in [0.05, 0.1) is 18.8 Å². The fourth-order valence-corrected chi connectivity index (χ4v) is 3.88. The van der Waals surface area contributed by atoms with Crippen LogP contribution in [0.3, 0.4) is 0 Å². The minimum absolute atomic E-state index is 0.0347. The molecular formula is C18H19F4N5O3. The van der Waals surface area contributed by atoms with Crippen molar-refractivity contribution in [3.63, 3.8) is 0 Å². The van der Waals surface area contributed by atoms with E-state index in [4.69, 9.17) is 0 Å². The lowest BCUT2D eigenvalue weighted by molar-refractivity contribution is -0.141. The number of hydrogen-bond acceptors (Lipinski definition) is 5. The fourth-order valence-electron chi connectivity index (χ4n) is 3.88. The molecule has 0 bridgehead atoms. The second-order valence-corrected chi connectivity index (χ2v) is 7.46. The number of nitrogens with zero attached hydrogens (tertiary/aromatic N) is 5. The average Bonchev–Trinajstić information content (AvgIpc) is 3.26. The highest BCUT2D eigenvalue weighted by molar-refractivity contribution is 5.81. The molecule has 1 amide bonds. The zero-order valence-corrected chi connectivity index (χ0v) is 15.7. The van der Waals surface area contributed by atoms with Crippen molar-refractivity contribution in [2.75, 3.05) is 13.1 Å². The predicted octanol–water partition coefficient (Wildman–Crippen LogP) is 1.45. The molecule has 0 saturated carbocycles. The highest BCUT2D eigenvalue weighted by atomic mass is 19.4. The molecule has 3 atom stereocenters. The van der Waals surface area contributed by atoms with Crippen LogP contribution in [-0.2, 0) is 17.5 Å². The van der Waals surface area contributed by atoms with Gasteiger partial charge >= 0.3 is 11.9 Å². The Balaban J connectivity index is 1.65. The van der Waals surface area contributed by atoms with Crippen molar-refractivity contribution in [2.24, 2.45) is 0 Å². The van der Waals surface area contributed by atoms with E-state index in [9.17, 15) is 32.3 Å². The van der Waals surface area contributed by atoms with Gasteiger partial charge in [-0.25, -0.2) is 18.9 Å². The Bertz CT molecular complexity index is 1020. The van der Waals surface area contributed by atoms with Gasteiger partial charge < -0.3 is 10.0 Å². The van der Waals surface area contributed by atoms with Gasteiger partial charge in [-0.1, -0.05) is 6.07 Å². The van der Waals surface area contributed by atoms with Crippen LogP contribution in [-0.4, -0.2) is 54.5 Å². The molecule has 2 aromatic heterocycles. The molecule has 1 saturated heterocycles. The molecule has 30 heavy (non-hydrogen) atoms. The first-order valence-electron chi connectivity index (χ1n) is 9.48. The number of alkyl halides is 4. The monoisotopic (exact) mass is 429 g/mol. The Morgan fingerprint density at radius 3 is 2.67 bits per heavy atom. The van der Waals surface area contributed by atoms with Gasteiger partial charge in [0, 0.05) is 6.54 Å². The van der Waals surface area contributed by atoms with Crippen molar-refractivity contribution in [3.8, 4) is 0 Å². The van der Waals surface area contributed by atoms with Crippen LogP contribution in [0.2, 0.25) is 0 Å². The van der Waals surface area contributed by atoms with E-state index in [1.807, 2.05) is 0 Å². The van der Waals surface area contributed by atoms with E-state index in [0.717, 1.165) is 15.3 Å². The Kier molecular flexibility index (Phi) is 5.12. The number of amides is 1. The number of fused-ring (bicyclic) bond motifs is 1. The van der Waals surface area contributed by atoms with Gasteiger partial charge in [-0.2, -0.15) is 18.3 Å². The molecule has 2 aromatic rings. The average molecular weight is 429 g/mol. The van der Waals surface area contributed by atoms with E-state index in [2.05, 4.69) is 10.1 Å². The van der Waals surface area contributed by atoms with Crippen LogP contribution < -0.4 is 5.69 Å². The number of carbonyl (C=O) groups excluding carboxylic acids is 1. The first kappa shape index (κ1) is 20.5. The SMILES string of the molecule is O=C([C@@H]1CCC(O)c2nn(Cc3cccc(C(F)(F)F)n3)c(=O)n21)N1CC[C@H](F)C1. The fraction of sp³-hybridized carbons (Fsp3) is 0.556. The van der Waals surface area contributed by atoms with Crippen molar-refractivity contribution < 1.29 is 27.5 Å². The third-order valence-corrected chi connectivity index (χ3v) is 5.36. The van der Waals surface area contributed by atoms with Gasteiger partial charge in [-0.15, -0.1) is 0 Å². The lowest BCUT2D eigenvalue weighted by Gasteiger charge is -2.28. The number of aliphatic hydroxyl groups is 1. The number of likely N-dealkylation sites (tertiary alicyclic amines) is 1. The second-order valence-electron chi connectivity index (χ2n) is 7.46. The zero-order valence-electron chi connectivity index (χ0n) is 15.7. The quantitative estimate of drug-likeness (QED) is 0.746. The predicted molar refractivity (Wildman–Crippen MR) is 94.2 cm³/mol. The standard InChI is InChI=1S/C18H19F4N5O3/c19-10-6-7-25(8-10)16(29)12-4-5-13(28)15-24-26(17(30)27(12)15)9-11-2-1-3-14(23-11)18(20,21)22/h1-3,10,12-13,28H,4-9H2/t10-,12-,13?/m0/s1. The number of pyridine rings is 1. The molecule has 2 aliphatic rings. The van der Waals surface area contributed by atoms with E-state index in [0.29, 0.717) is 0 Å². The minimum atomic E-state index is -4.63. The summed E-state index contributed by atoms with van der Waals surface area (Å²) in [5, 5.41) is 14.3. The summed E-state index contributed by atoms with van der Waals surface area (Å²) in [6.45, 7) is -0.164. The van der Waals surface area contributed by atoms with E-state index < -0.39 is 41.8 Å². The van der Waals surface area contributed by atoms with Crippen LogP contribution in [0.25, 0.3) is 0 Å². The van der Waals surface area contributed by atoms with Crippen molar-refractivity contribution in [1.29, 1.82) is 0 Å². The van der Waals surface area contributed by atoms with Crippen LogP contribution in [0, 0.1) is 0 Å². The summed E-state index contributed by atoms with van der Waals surface area (Å²) in [5.41, 5.74) is -1.88. The Labute approximate surface area is 167 Å². The molecule has 2 aliphatic heterocycles. The molecule has 162 valence electrons. The van der Waals surface area contributed by atoms with Crippen LogP contribution in [0.5, 0.6) is 0 Å². The number of hydrogen-bond donors (Lipinski definition) is 1. The number of rotatable bonds is 3. The number of carbonyl (C=O) groups is 1. The molecule has 1 unspecified atom stereocenters. The topological polar surface area (TPSA) is 93.2 Å². The number of halogens is 4. The van der Waals surface area contributed by atoms with Crippen LogP contribution in [0.1, 0.15) is 48.6 Å². The number of aromatic nitrogens is 4. The smallest absolute Gasteiger partial charge is 0.385 e. The van der Waals surface area contributed by atoms with Gasteiger partial charge in [0.15, 0.2) is 5.82 Å². The summed E-state index contributed by atoms with van der Waals surface area (Å²) in [7, 11) is 0. The Morgan fingerprint density at radius 1 is 1.23 bits per heavy atom. The molecule has 1 N–H and O–H groups in total. The highest BCUT2D eigenvalue weighted by Crippen LogP contribution is 2.32. The Hall–Kier alpha value is -2.76. The molecule has 0 aromatic carbocycles. The van der Waals surface area contributed by atoms with E-state index in [1.54, 1.807) is 0 Å². The molecular weight excluding hydrogens is 410 g/mol. The summed E-state index contributed by atoms with van der Waals surface area (Å²) < 4.78 is 54.1. The van der Waals surface area contributed by atoms with Gasteiger partial charge in [0.2, 0.25) is 5.91 Å². The lowest BCUT2D eigenvalue weighted by atomic mass is 10.0. The summed E-state index contributed by atoms with van der Waals surface area (Å²) in [6.07, 6.45) is -6.26. The maximum Gasteiger partial charge on any atom is 0.433 e. The molecule has 4 heterocycles. The largest absolute Gasteiger partial charge is 0.433 e. The maximum absolute atomic E-state index is 13.5. The summed E-state index contributed by atoms with van der Waals surface area (Å²) >= 11 is 0. The Morgan fingerprint density at radius 2 is 2.00 bits per heavy atom. The lowest BCUT2D eigenvalue weighted by Crippen LogP contribution is -2.42. The molecule has 0 spiro atoms. The van der Waals surface area contributed by atoms with Crippen LogP contribution in [0.15, 0.2) is 23.0 Å². The van der Waals surface area contributed by atoms with Gasteiger partial charge in [0.1, 0.15) is 24.0 Å². The molecule has 4 rings (SSSR count). The van der Waals surface area contributed by atoms with Crippen molar-refractivity contribution in [1.82, 2.24) is 24.2 Å². The first-order valence-corrected chi connectivity index (χ1v) is 9.48. The van der Waals surface area contributed by atoms with E-state index in [1.165, 1.54) is 17.0 Å². The van der Waals surface area contributed by atoms with Crippen molar-refractivity contribution in [3.05, 3.63) is 45.9 Å². The normalized spacial score (nSPS) is 24.2. The zero-order chi connectivity index (χ0) is 21.6. The molecule has 1 fully saturated rings. The van der Waals surface area contributed by atoms with E-state index >= 15 is 0 Å².